The van der Waals surface area contributed by atoms with Gasteiger partial charge < -0.3 is 14.0 Å². The van der Waals surface area contributed by atoms with Gasteiger partial charge in [-0.15, -0.1) is 0 Å². The third kappa shape index (κ3) is 4.49. The summed E-state index contributed by atoms with van der Waals surface area (Å²) < 4.78 is 26.4. The van der Waals surface area contributed by atoms with Crippen LogP contribution in [0.1, 0.15) is 5.56 Å². The molecule has 1 aromatic heterocycles. The fraction of sp³-hybridized carbons (Fsp3) is 0.167. The standard InChI is InChI=1S/C18H16ClFN2O2/c19-18-6-1-15(20)11-14(18)12-24-17-4-2-16(3-5-17)23-10-9-22-8-7-21-13-22/h1-8,11,13H,9-10,12H2. The third-order valence-electron chi connectivity index (χ3n) is 3.40. The lowest BCUT2D eigenvalue weighted by atomic mass is 10.2. The molecule has 0 aliphatic carbocycles. The minimum absolute atomic E-state index is 0.206. The zero-order chi connectivity index (χ0) is 16.8. The van der Waals surface area contributed by atoms with E-state index in [1.165, 1.54) is 18.2 Å². The van der Waals surface area contributed by atoms with Crippen molar-refractivity contribution in [3.63, 3.8) is 0 Å². The molecule has 0 bridgehead atoms. The van der Waals surface area contributed by atoms with E-state index in [9.17, 15) is 4.39 Å². The SMILES string of the molecule is Fc1ccc(Cl)c(COc2ccc(OCCn3ccnc3)cc2)c1. The van der Waals surface area contributed by atoms with Crippen LogP contribution in [-0.2, 0) is 13.2 Å². The summed E-state index contributed by atoms with van der Waals surface area (Å²) in [5.74, 6) is 1.09. The monoisotopic (exact) mass is 346 g/mol. The molecule has 3 aromatic rings. The molecule has 0 fully saturated rings. The van der Waals surface area contributed by atoms with E-state index in [0.29, 0.717) is 22.9 Å². The Labute approximate surface area is 144 Å². The van der Waals surface area contributed by atoms with Crippen LogP contribution in [0.4, 0.5) is 4.39 Å². The fourth-order valence-electron chi connectivity index (χ4n) is 2.14. The molecule has 0 unspecified atom stereocenters. The van der Waals surface area contributed by atoms with Crippen LogP contribution in [0.2, 0.25) is 5.02 Å². The van der Waals surface area contributed by atoms with Crippen LogP contribution in [0.3, 0.4) is 0 Å². The third-order valence-corrected chi connectivity index (χ3v) is 3.77. The van der Waals surface area contributed by atoms with Crippen LogP contribution >= 0.6 is 11.6 Å². The Bertz CT molecular complexity index is 776. The second kappa shape index (κ2) is 7.84. The van der Waals surface area contributed by atoms with Crippen LogP contribution in [0.15, 0.2) is 61.2 Å². The van der Waals surface area contributed by atoms with Crippen LogP contribution in [0.25, 0.3) is 0 Å². The molecule has 0 aliphatic heterocycles. The lowest BCUT2D eigenvalue weighted by molar-refractivity contribution is 0.293. The highest BCUT2D eigenvalue weighted by Gasteiger charge is 2.04. The number of rotatable bonds is 7. The van der Waals surface area contributed by atoms with Gasteiger partial charge in [0.25, 0.3) is 0 Å². The number of ether oxygens (including phenoxy) is 2. The van der Waals surface area contributed by atoms with Gasteiger partial charge >= 0.3 is 0 Å². The summed E-state index contributed by atoms with van der Waals surface area (Å²) in [6.07, 6.45) is 5.37. The van der Waals surface area contributed by atoms with Crippen LogP contribution in [-0.4, -0.2) is 16.2 Å². The highest BCUT2D eigenvalue weighted by atomic mass is 35.5. The van der Waals surface area contributed by atoms with Gasteiger partial charge in [0.15, 0.2) is 0 Å². The van der Waals surface area contributed by atoms with Gasteiger partial charge in [-0.3, -0.25) is 0 Å². The van der Waals surface area contributed by atoms with E-state index in [1.807, 2.05) is 22.9 Å². The Morgan fingerprint density at radius 2 is 1.79 bits per heavy atom. The summed E-state index contributed by atoms with van der Waals surface area (Å²) in [4.78, 5) is 3.97. The Morgan fingerprint density at radius 3 is 2.50 bits per heavy atom. The van der Waals surface area contributed by atoms with Gasteiger partial charge in [0, 0.05) is 23.0 Å². The number of nitrogens with zero attached hydrogens (tertiary/aromatic N) is 2. The fourth-order valence-corrected chi connectivity index (χ4v) is 2.31. The maximum atomic E-state index is 13.2. The van der Waals surface area contributed by atoms with Crippen LogP contribution in [0.5, 0.6) is 11.5 Å². The van der Waals surface area contributed by atoms with E-state index in [-0.39, 0.29) is 12.4 Å². The van der Waals surface area contributed by atoms with Crippen molar-refractivity contribution >= 4 is 11.6 Å². The molecule has 0 atom stereocenters. The van der Waals surface area contributed by atoms with Gasteiger partial charge in [-0.05, 0) is 42.5 Å². The average Bonchev–Trinajstić information content (AvgIpc) is 3.10. The van der Waals surface area contributed by atoms with Gasteiger partial charge in [0.05, 0.1) is 12.9 Å². The molecule has 0 saturated carbocycles. The molecule has 3 rings (SSSR count). The van der Waals surface area contributed by atoms with Gasteiger partial charge in [-0.1, -0.05) is 11.6 Å². The first kappa shape index (κ1) is 16.3. The van der Waals surface area contributed by atoms with Crippen molar-refractivity contribution in [1.29, 1.82) is 0 Å². The highest BCUT2D eigenvalue weighted by Crippen LogP contribution is 2.22. The minimum atomic E-state index is -0.334. The maximum Gasteiger partial charge on any atom is 0.123 e. The zero-order valence-corrected chi connectivity index (χ0v) is 13.6. The first-order chi connectivity index (χ1) is 11.7. The van der Waals surface area contributed by atoms with E-state index < -0.39 is 0 Å². The van der Waals surface area contributed by atoms with E-state index in [4.69, 9.17) is 21.1 Å². The molecule has 1 heterocycles. The molecule has 0 radical (unpaired) electrons. The predicted octanol–water partition coefficient (Wildman–Crippen LogP) is 4.33. The van der Waals surface area contributed by atoms with Crippen molar-refractivity contribution in [1.82, 2.24) is 9.55 Å². The summed E-state index contributed by atoms with van der Waals surface area (Å²) in [5.41, 5.74) is 0.609. The largest absolute Gasteiger partial charge is 0.492 e. The number of hydrogen-bond acceptors (Lipinski definition) is 3. The Morgan fingerprint density at radius 1 is 1.04 bits per heavy atom. The number of hydrogen-bond donors (Lipinski definition) is 0. The molecule has 0 spiro atoms. The van der Waals surface area contributed by atoms with Crippen molar-refractivity contribution in [2.75, 3.05) is 6.61 Å². The molecule has 124 valence electrons. The normalized spacial score (nSPS) is 10.6. The molecule has 0 N–H and O–H groups in total. The predicted molar refractivity (Wildman–Crippen MR) is 89.9 cm³/mol. The van der Waals surface area contributed by atoms with Gasteiger partial charge in [-0.25, -0.2) is 9.37 Å². The molecule has 0 amide bonds. The Balaban J connectivity index is 1.50. The first-order valence-electron chi connectivity index (χ1n) is 7.46. The number of halogens is 2. The average molecular weight is 347 g/mol. The van der Waals surface area contributed by atoms with Crippen molar-refractivity contribution < 1.29 is 13.9 Å². The quantitative estimate of drug-likeness (QED) is 0.638. The molecular weight excluding hydrogens is 331 g/mol. The lowest BCUT2D eigenvalue weighted by Crippen LogP contribution is -2.06. The second-order valence-electron chi connectivity index (χ2n) is 5.14. The van der Waals surface area contributed by atoms with Gasteiger partial charge in [-0.2, -0.15) is 0 Å². The van der Waals surface area contributed by atoms with E-state index in [2.05, 4.69) is 4.98 Å². The zero-order valence-electron chi connectivity index (χ0n) is 12.9. The molecule has 4 nitrogen and oxygen atoms in total. The van der Waals surface area contributed by atoms with Crippen LogP contribution < -0.4 is 9.47 Å². The molecule has 0 saturated heterocycles. The van der Waals surface area contributed by atoms with Gasteiger partial charge in [0.1, 0.15) is 30.5 Å². The van der Waals surface area contributed by atoms with Crippen molar-refractivity contribution in [2.45, 2.75) is 13.2 Å². The maximum absolute atomic E-state index is 13.2. The molecule has 2 aromatic carbocycles. The topological polar surface area (TPSA) is 36.3 Å². The van der Waals surface area contributed by atoms with Crippen molar-refractivity contribution in [3.8, 4) is 11.5 Å². The molecule has 6 heteroatoms. The molecule has 24 heavy (non-hydrogen) atoms. The second-order valence-corrected chi connectivity index (χ2v) is 5.55. The summed E-state index contributed by atoms with van der Waals surface area (Å²) in [6, 6.07) is 11.5. The van der Waals surface area contributed by atoms with E-state index in [1.54, 1.807) is 24.7 Å². The summed E-state index contributed by atoms with van der Waals surface area (Å²) in [5, 5.41) is 0.482. The number of benzene rings is 2. The summed E-state index contributed by atoms with van der Waals surface area (Å²) in [6.45, 7) is 1.49. The first-order valence-corrected chi connectivity index (χ1v) is 7.84. The number of aromatic nitrogens is 2. The Kier molecular flexibility index (Phi) is 5.33. The van der Waals surface area contributed by atoms with E-state index >= 15 is 0 Å². The van der Waals surface area contributed by atoms with Gasteiger partial charge in [0.2, 0.25) is 0 Å². The van der Waals surface area contributed by atoms with Crippen molar-refractivity contribution in [3.05, 3.63) is 77.6 Å². The van der Waals surface area contributed by atoms with Crippen LogP contribution in [0, 0.1) is 5.82 Å². The Hall–Kier alpha value is -2.53. The minimum Gasteiger partial charge on any atom is -0.492 e. The summed E-state index contributed by atoms with van der Waals surface area (Å²) >= 11 is 6.01. The summed E-state index contributed by atoms with van der Waals surface area (Å²) in [7, 11) is 0. The van der Waals surface area contributed by atoms with E-state index in [0.717, 1.165) is 12.3 Å². The smallest absolute Gasteiger partial charge is 0.123 e. The lowest BCUT2D eigenvalue weighted by Gasteiger charge is -2.10. The van der Waals surface area contributed by atoms with Crippen molar-refractivity contribution in [2.24, 2.45) is 0 Å². The molecular formula is C18H16ClFN2O2. The number of imidazole rings is 1. The molecule has 0 aliphatic rings. The highest BCUT2D eigenvalue weighted by molar-refractivity contribution is 6.31.